The van der Waals surface area contributed by atoms with Crippen molar-refractivity contribution in [3.63, 3.8) is 0 Å². The predicted octanol–water partition coefficient (Wildman–Crippen LogP) is 2.88. The van der Waals surface area contributed by atoms with E-state index >= 15 is 0 Å². The van der Waals surface area contributed by atoms with Gasteiger partial charge in [0.1, 0.15) is 11.0 Å². The Kier molecular flexibility index (Phi) is 4.24. The van der Waals surface area contributed by atoms with Crippen LogP contribution in [-0.2, 0) is 0 Å². The maximum atomic E-state index is 5.88. The van der Waals surface area contributed by atoms with Crippen molar-refractivity contribution in [1.29, 1.82) is 0 Å². The molecule has 1 aromatic rings. The van der Waals surface area contributed by atoms with E-state index in [0.29, 0.717) is 17.1 Å². The van der Waals surface area contributed by atoms with Crippen LogP contribution in [0.5, 0.6) is 0 Å². The molecule has 0 aromatic carbocycles. The molecule has 2 rings (SSSR count). The minimum atomic E-state index is 0.434. The zero-order valence-electron chi connectivity index (χ0n) is 10.5. The molecule has 1 N–H and O–H groups in total. The summed E-state index contributed by atoms with van der Waals surface area (Å²) < 4.78 is 0. The second-order valence-corrected chi connectivity index (χ2v) is 5.33. The van der Waals surface area contributed by atoms with Gasteiger partial charge in [0.15, 0.2) is 0 Å². The molecular formula is C13H20ClN3. The lowest BCUT2D eigenvalue weighted by molar-refractivity contribution is 0.197. The van der Waals surface area contributed by atoms with Gasteiger partial charge in [-0.25, -0.2) is 4.98 Å². The Morgan fingerprint density at radius 1 is 1.53 bits per heavy atom. The number of piperidine rings is 1. The SMILES string of the molecule is CC(Nc1cccc(Cl)n1)C1CCCN(C)C1. The number of nitrogens with one attached hydrogen (secondary N) is 1. The van der Waals surface area contributed by atoms with Crippen molar-refractivity contribution in [3.8, 4) is 0 Å². The number of pyridine rings is 1. The van der Waals surface area contributed by atoms with Gasteiger partial charge < -0.3 is 10.2 Å². The molecule has 1 fully saturated rings. The first-order valence-electron chi connectivity index (χ1n) is 6.23. The molecule has 2 atom stereocenters. The summed E-state index contributed by atoms with van der Waals surface area (Å²) in [6, 6.07) is 6.13. The van der Waals surface area contributed by atoms with Crippen molar-refractivity contribution in [1.82, 2.24) is 9.88 Å². The lowest BCUT2D eigenvalue weighted by atomic mass is 9.92. The van der Waals surface area contributed by atoms with Crippen molar-refractivity contribution in [2.45, 2.75) is 25.8 Å². The van der Waals surface area contributed by atoms with Gasteiger partial charge in [-0.15, -0.1) is 0 Å². The molecule has 0 aliphatic carbocycles. The van der Waals surface area contributed by atoms with E-state index in [0.717, 1.165) is 12.4 Å². The highest BCUT2D eigenvalue weighted by molar-refractivity contribution is 6.29. The van der Waals surface area contributed by atoms with E-state index in [9.17, 15) is 0 Å². The molecule has 2 unspecified atom stereocenters. The number of aromatic nitrogens is 1. The Hall–Kier alpha value is -0.800. The molecule has 1 aliphatic rings. The van der Waals surface area contributed by atoms with Crippen LogP contribution in [0.2, 0.25) is 5.15 Å². The zero-order valence-corrected chi connectivity index (χ0v) is 11.2. The maximum Gasteiger partial charge on any atom is 0.131 e. The molecule has 1 aliphatic heterocycles. The van der Waals surface area contributed by atoms with E-state index in [1.807, 2.05) is 12.1 Å². The Morgan fingerprint density at radius 2 is 2.35 bits per heavy atom. The maximum absolute atomic E-state index is 5.88. The average Bonchev–Trinajstić information content (AvgIpc) is 2.29. The molecule has 1 aromatic heterocycles. The number of hydrogen-bond donors (Lipinski definition) is 1. The predicted molar refractivity (Wildman–Crippen MR) is 72.6 cm³/mol. The Labute approximate surface area is 108 Å². The summed E-state index contributed by atoms with van der Waals surface area (Å²) in [6.45, 7) is 4.61. The largest absolute Gasteiger partial charge is 0.367 e. The molecule has 17 heavy (non-hydrogen) atoms. The molecular weight excluding hydrogens is 234 g/mol. The number of rotatable bonds is 3. The van der Waals surface area contributed by atoms with Gasteiger partial charge in [-0.2, -0.15) is 0 Å². The van der Waals surface area contributed by atoms with E-state index in [4.69, 9.17) is 11.6 Å². The van der Waals surface area contributed by atoms with E-state index in [-0.39, 0.29) is 0 Å². The molecule has 4 heteroatoms. The van der Waals surface area contributed by atoms with Crippen molar-refractivity contribution in [2.24, 2.45) is 5.92 Å². The Balaban J connectivity index is 1.94. The molecule has 0 saturated carbocycles. The van der Waals surface area contributed by atoms with Gasteiger partial charge in [0, 0.05) is 12.6 Å². The van der Waals surface area contributed by atoms with Crippen LogP contribution in [0.3, 0.4) is 0 Å². The summed E-state index contributed by atoms with van der Waals surface area (Å²) in [6.07, 6.45) is 2.58. The van der Waals surface area contributed by atoms with Crippen molar-refractivity contribution < 1.29 is 0 Å². The van der Waals surface area contributed by atoms with E-state index in [1.54, 1.807) is 6.07 Å². The zero-order chi connectivity index (χ0) is 12.3. The summed E-state index contributed by atoms with van der Waals surface area (Å²) in [4.78, 5) is 6.67. The molecule has 3 nitrogen and oxygen atoms in total. The monoisotopic (exact) mass is 253 g/mol. The first-order valence-corrected chi connectivity index (χ1v) is 6.60. The lowest BCUT2D eigenvalue weighted by Gasteiger charge is -2.34. The second kappa shape index (κ2) is 5.69. The Morgan fingerprint density at radius 3 is 3.06 bits per heavy atom. The van der Waals surface area contributed by atoms with Crippen LogP contribution in [0.4, 0.5) is 5.82 Å². The van der Waals surface area contributed by atoms with Gasteiger partial charge in [-0.3, -0.25) is 0 Å². The summed E-state index contributed by atoms with van der Waals surface area (Å²) >= 11 is 5.88. The van der Waals surface area contributed by atoms with Crippen molar-refractivity contribution >= 4 is 17.4 Å². The van der Waals surface area contributed by atoms with Gasteiger partial charge in [0.25, 0.3) is 0 Å². The van der Waals surface area contributed by atoms with Crippen LogP contribution in [0.25, 0.3) is 0 Å². The van der Waals surface area contributed by atoms with Crippen molar-refractivity contribution in [3.05, 3.63) is 23.4 Å². The third-order valence-electron chi connectivity index (χ3n) is 3.46. The third-order valence-corrected chi connectivity index (χ3v) is 3.67. The average molecular weight is 254 g/mol. The second-order valence-electron chi connectivity index (χ2n) is 4.94. The highest BCUT2D eigenvalue weighted by Crippen LogP contribution is 2.21. The van der Waals surface area contributed by atoms with Crippen LogP contribution in [0.1, 0.15) is 19.8 Å². The summed E-state index contributed by atoms with van der Waals surface area (Å²) in [5.74, 6) is 1.56. The number of nitrogens with zero attached hydrogens (tertiary/aromatic N) is 2. The van der Waals surface area contributed by atoms with Crippen LogP contribution in [-0.4, -0.2) is 36.1 Å². The normalized spacial score (nSPS) is 23.4. The molecule has 0 amide bonds. The summed E-state index contributed by atoms with van der Waals surface area (Å²) in [5, 5.41) is 4.00. The topological polar surface area (TPSA) is 28.2 Å². The summed E-state index contributed by atoms with van der Waals surface area (Å²) in [5.41, 5.74) is 0. The van der Waals surface area contributed by atoms with Gasteiger partial charge in [-0.05, 0) is 51.4 Å². The van der Waals surface area contributed by atoms with Crippen LogP contribution >= 0.6 is 11.6 Å². The molecule has 2 heterocycles. The summed E-state index contributed by atoms with van der Waals surface area (Å²) in [7, 11) is 2.19. The number of halogens is 1. The first-order chi connectivity index (χ1) is 8.15. The number of anilines is 1. The van der Waals surface area contributed by atoms with E-state index in [2.05, 4.69) is 29.2 Å². The molecule has 0 radical (unpaired) electrons. The molecule has 94 valence electrons. The van der Waals surface area contributed by atoms with Gasteiger partial charge in [0.05, 0.1) is 0 Å². The highest BCUT2D eigenvalue weighted by atomic mass is 35.5. The minimum absolute atomic E-state index is 0.434. The van der Waals surface area contributed by atoms with Gasteiger partial charge >= 0.3 is 0 Å². The quantitative estimate of drug-likeness (QED) is 0.840. The first kappa shape index (κ1) is 12.7. The fraction of sp³-hybridized carbons (Fsp3) is 0.615. The van der Waals surface area contributed by atoms with Gasteiger partial charge in [-0.1, -0.05) is 17.7 Å². The smallest absolute Gasteiger partial charge is 0.131 e. The van der Waals surface area contributed by atoms with Crippen LogP contribution < -0.4 is 5.32 Å². The van der Waals surface area contributed by atoms with E-state index in [1.165, 1.54) is 19.4 Å². The van der Waals surface area contributed by atoms with Gasteiger partial charge in [0.2, 0.25) is 0 Å². The fourth-order valence-electron chi connectivity index (χ4n) is 2.45. The minimum Gasteiger partial charge on any atom is -0.367 e. The molecule has 0 bridgehead atoms. The molecule has 0 spiro atoms. The molecule has 1 saturated heterocycles. The lowest BCUT2D eigenvalue weighted by Crippen LogP contribution is -2.40. The number of hydrogen-bond acceptors (Lipinski definition) is 3. The number of likely N-dealkylation sites (tertiary alicyclic amines) is 1. The van der Waals surface area contributed by atoms with Crippen LogP contribution in [0, 0.1) is 5.92 Å². The highest BCUT2D eigenvalue weighted by Gasteiger charge is 2.22. The van der Waals surface area contributed by atoms with Crippen molar-refractivity contribution in [2.75, 3.05) is 25.5 Å². The standard InChI is InChI=1S/C13H20ClN3/c1-10(11-5-4-8-17(2)9-11)15-13-7-3-6-12(14)16-13/h3,6-7,10-11H,4-5,8-9H2,1-2H3,(H,15,16). The third kappa shape index (κ3) is 3.58. The fourth-order valence-corrected chi connectivity index (χ4v) is 2.62. The Bertz CT molecular complexity index is 369. The van der Waals surface area contributed by atoms with E-state index < -0.39 is 0 Å². The van der Waals surface area contributed by atoms with Crippen LogP contribution in [0.15, 0.2) is 18.2 Å².